The van der Waals surface area contributed by atoms with E-state index in [1.165, 1.54) is 11.8 Å². The van der Waals surface area contributed by atoms with Crippen molar-refractivity contribution in [3.05, 3.63) is 77.0 Å². The van der Waals surface area contributed by atoms with E-state index in [1.54, 1.807) is 18.9 Å². The molecule has 0 bridgehead atoms. The first-order valence-electron chi connectivity index (χ1n) is 9.68. The van der Waals surface area contributed by atoms with Crippen molar-refractivity contribution in [3.63, 3.8) is 0 Å². The molecule has 2 aliphatic heterocycles. The number of carbonyl (C=O) groups is 2. The summed E-state index contributed by atoms with van der Waals surface area (Å²) in [4.78, 5) is 32.2. The molecule has 2 aromatic rings. The number of aliphatic imine (C=N–C) groups is 1. The van der Waals surface area contributed by atoms with Crippen LogP contribution >= 0.6 is 11.8 Å². The summed E-state index contributed by atoms with van der Waals surface area (Å²) < 4.78 is 10.9. The van der Waals surface area contributed by atoms with Crippen LogP contribution in [0.5, 0.6) is 5.75 Å². The number of nitrogens with zero attached hydrogens (tertiary/aromatic N) is 2. The molecule has 0 saturated carbocycles. The van der Waals surface area contributed by atoms with Gasteiger partial charge in [0.25, 0.3) is 0 Å². The van der Waals surface area contributed by atoms with Gasteiger partial charge < -0.3 is 9.47 Å². The van der Waals surface area contributed by atoms with Crippen molar-refractivity contribution in [2.75, 3.05) is 12.9 Å². The molecule has 7 heteroatoms. The third-order valence-electron chi connectivity index (χ3n) is 5.07. The molecule has 30 heavy (non-hydrogen) atoms. The summed E-state index contributed by atoms with van der Waals surface area (Å²) >= 11 is 1.53. The molecular formula is C23H22N2O4S. The maximum absolute atomic E-state index is 13.2. The summed E-state index contributed by atoms with van der Waals surface area (Å²) in [5.41, 5.74) is 2.66. The average molecular weight is 423 g/mol. The third-order valence-corrected chi connectivity index (χ3v) is 6.03. The fraction of sp³-hybridized carbons (Fsp3) is 0.261. The second-order valence-corrected chi connectivity index (χ2v) is 8.06. The zero-order valence-corrected chi connectivity index (χ0v) is 17.6. The van der Waals surface area contributed by atoms with E-state index in [0.29, 0.717) is 34.4 Å². The molecule has 0 spiro atoms. The van der Waals surface area contributed by atoms with Gasteiger partial charge in [-0.3, -0.25) is 9.69 Å². The van der Waals surface area contributed by atoms with Gasteiger partial charge in [-0.1, -0.05) is 54.2 Å². The van der Waals surface area contributed by atoms with E-state index in [9.17, 15) is 9.59 Å². The largest absolute Gasteiger partial charge is 0.497 e. The predicted octanol–water partition coefficient (Wildman–Crippen LogP) is 4.09. The van der Waals surface area contributed by atoms with Crippen LogP contribution in [0.2, 0.25) is 0 Å². The number of esters is 1. The monoisotopic (exact) mass is 422 g/mol. The summed E-state index contributed by atoms with van der Waals surface area (Å²) in [6.07, 6.45) is 0.404. The highest BCUT2D eigenvalue weighted by atomic mass is 32.2. The molecule has 0 aliphatic carbocycles. The van der Waals surface area contributed by atoms with Crippen molar-refractivity contribution in [3.8, 4) is 5.75 Å². The number of hydrogen-bond donors (Lipinski definition) is 0. The SMILES string of the molecule is COc1ccc(C2C(C(=O)OCc3ccccc3)=C(C)N=C3SCCC(=O)N32)cc1. The van der Waals surface area contributed by atoms with Crippen LogP contribution in [0.4, 0.5) is 0 Å². The molecule has 1 unspecified atom stereocenters. The van der Waals surface area contributed by atoms with E-state index in [2.05, 4.69) is 4.99 Å². The lowest BCUT2D eigenvalue weighted by Gasteiger charge is -2.38. The quantitative estimate of drug-likeness (QED) is 0.679. The van der Waals surface area contributed by atoms with Crippen LogP contribution in [0, 0.1) is 0 Å². The van der Waals surface area contributed by atoms with E-state index >= 15 is 0 Å². The fourth-order valence-electron chi connectivity index (χ4n) is 3.56. The molecule has 1 saturated heterocycles. The number of fused-ring (bicyclic) bond motifs is 1. The van der Waals surface area contributed by atoms with Crippen LogP contribution in [0.3, 0.4) is 0 Å². The number of thioether (sulfide) groups is 1. The maximum atomic E-state index is 13.2. The first-order chi connectivity index (χ1) is 14.6. The van der Waals surface area contributed by atoms with Crippen LogP contribution in [0.15, 0.2) is 70.9 Å². The Bertz CT molecular complexity index is 1020. The van der Waals surface area contributed by atoms with Gasteiger partial charge in [0.15, 0.2) is 5.17 Å². The molecule has 154 valence electrons. The lowest BCUT2D eigenvalue weighted by atomic mass is 9.94. The van der Waals surface area contributed by atoms with E-state index in [0.717, 1.165) is 11.1 Å². The number of benzene rings is 2. The van der Waals surface area contributed by atoms with Gasteiger partial charge in [-0.05, 0) is 30.2 Å². The molecule has 0 radical (unpaired) electrons. The molecule has 2 aromatic carbocycles. The molecule has 1 fully saturated rings. The molecule has 6 nitrogen and oxygen atoms in total. The lowest BCUT2D eigenvalue weighted by Crippen LogP contribution is -2.45. The van der Waals surface area contributed by atoms with Crippen molar-refractivity contribution in [1.29, 1.82) is 0 Å². The molecule has 0 N–H and O–H groups in total. The molecule has 0 aromatic heterocycles. The summed E-state index contributed by atoms with van der Waals surface area (Å²) in [5.74, 6) is 0.874. The van der Waals surface area contributed by atoms with Gasteiger partial charge in [-0.15, -0.1) is 0 Å². The minimum atomic E-state index is -0.577. The predicted molar refractivity (Wildman–Crippen MR) is 116 cm³/mol. The third kappa shape index (κ3) is 3.98. The molecule has 2 aliphatic rings. The first-order valence-corrected chi connectivity index (χ1v) is 10.7. The van der Waals surface area contributed by atoms with E-state index in [4.69, 9.17) is 9.47 Å². The number of carbonyl (C=O) groups excluding carboxylic acids is 2. The normalized spacial score (nSPS) is 18.6. The van der Waals surface area contributed by atoms with E-state index < -0.39 is 12.0 Å². The van der Waals surface area contributed by atoms with Gasteiger partial charge in [0, 0.05) is 12.2 Å². The second kappa shape index (κ2) is 8.75. The molecule has 1 amide bonds. The highest BCUT2D eigenvalue weighted by Crippen LogP contribution is 2.40. The van der Waals surface area contributed by atoms with E-state index in [1.807, 2.05) is 54.6 Å². The summed E-state index contributed by atoms with van der Waals surface area (Å²) in [6, 6.07) is 16.3. The Balaban J connectivity index is 1.70. The van der Waals surface area contributed by atoms with Crippen LogP contribution < -0.4 is 4.74 Å². The minimum absolute atomic E-state index is 0.0471. The molecule has 2 heterocycles. The Morgan fingerprint density at radius 1 is 1.17 bits per heavy atom. The van der Waals surface area contributed by atoms with Gasteiger partial charge in [0.2, 0.25) is 5.91 Å². The molecular weight excluding hydrogens is 400 g/mol. The summed E-state index contributed by atoms with van der Waals surface area (Å²) in [7, 11) is 1.60. The van der Waals surface area contributed by atoms with Crippen LogP contribution in [-0.4, -0.2) is 34.8 Å². The Morgan fingerprint density at radius 3 is 2.60 bits per heavy atom. The highest BCUT2D eigenvalue weighted by Gasteiger charge is 2.41. The van der Waals surface area contributed by atoms with Crippen molar-refractivity contribution >= 4 is 28.8 Å². The minimum Gasteiger partial charge on any atom is -0.497 e. The highest BCUT2D eigenvalue weighted by molar-refractivity contribution is 8.14. The fourth-order valence-corrected chi connectivity index (χ4v) is 4.57. The number of amides is 1. The summed E-state index contributed by atoms with van der Waals surface area (Å²) in [5, 5.41) is 0.629. The Hall–Kier alpha value is -3.06. The first kappa shape index (κ1) is 20.2. The Labute approximate surface area is 179 Å². The topological polar surface area (TPSA) is 68.2 Å². The van der Waals surface area contributed by atoms with E-state index in [-0.39, 0.29) is 12.5 Å². The van der Waals surface area contributed by atoms with Crippen molar-refractivity contribution in [2.45, 2.75) is 26.0 Å². The van der Waals surface area contributed by atoms with Gasteiger partial charge in [0.1, 0.15) is 12.4 Å². The number of ether oxygens (including phenoxy) is 2. The zero-order valence-electron chi connectivity index (χ0n) is 16.8. The second-order valence-electron chi connectivity index (χ2n) is 6.99. The van der Waals surface area contributed by atoms with Crippen LogP contribution in [0.25, 0.3) is 0 Å². The number of allylic oxidation sites excluding steroid dienone is 1. The van der Waals surface area contributed by atoms with Gasteiger partial charge in [-0.2, -0.15) is 0 Å². The number of methoxy groups -OCH3 is 1. The van der Waals surface area contributed by atoms with Crippen molar-refractivity contribution in [2.24, 2.45) is 4.99 Å². The smallest absolute Gasteiger partial charge is 0.338 e. The Kier molecular flexibility index (Phi) is 5.90. The van der Waals surface area contributed by atoms with Crippen LogP contribution in [-0.2, 0) is 20.9 Å². The number of hydrogen-bond acceptors (Lipinski definition) is 6. The zero-order chi connectivity index (χ0) is 21.1. The van der Waals surface area contributed by atoms with Crippen molar-refractivity contribution in [1.82, 2.24) is 4.90 Å². The summed E-state index contributed by atoms with van der Waals surface area (Å²) in [6.45, 7) is 1.95. The lowest BCUT2D eigenvalue weighted by molar-refractivity contribution is -0.141. The molecule has 1 atom stereocenters. The number of rotatable bonds is 5. The van der Waals surface area contributed by atoms with Gasteiger partial charge in [-0.25, -0.2) is 9.79 Å². The van der Waals surface area contributed by atoms with Crippen LogP contribution in [0.1, 0.15) is 30.5 Å². The van der Waals surface area contributed by atoms with Gasteiger partial charge in [0.05, 0.1) is 24.4 Å². The standard InChI is InChI=1S/C23H22N2O4S/c1-15-20(22(27)29-14-16-6-4-3-5-7-16)21(17-8-10-18(28-2)11-9-17)25-19(26)12-13-30-23(25)24-15/h3-11,21H,12-14H2,1-2H3. The maximum Gasteiger partial charge on any atom is 0.338 e. The van der Waals surface area contributed by atoms with Gasteiger partial charge >= 0.3 is 5.97 Å². The molecule has 4 rings (SSSR count). The Morgan fingerprint density at radius 2 is 1.90 bits per heavy atom. The van der Waals surface area contributed by atoms with Crippen molar-refractivity contribution < 1.29 is 19.1 Å². The number of amidine groups is 1. The average Bonchev–Trinajstić information content (AvgIpc) is 2.77.